The summed E-state index contributed by atoms with van der Waals surface area (Å²) in [7, 11) is -2.12. The lowest BCUT2D eigenvalue weighted by Gasteiger charge is -2.25. The highest BCUT2D eigenvalue weighted by atomic mass is 32.2. The van der Waals surface area contributed by atoms with Crippen molar-refractivity contribution in [1.29, 1.82) is 0 Å². The number of sulfonamides is 1. The molecule has 0 unspecified atom stereocenters. The Morgan fingerprint density at radius 3 is 2.52 bits per heavy atom. The van der Waals surface area contributed by atoms with Gasteiger partial charge < -0.3 is 4.90 Å². The minimum Gasteiger partial charge on any atom is -0.355 e. The normalized spacial score (nSPS) is 15.2. The zero-order valence-corrected chi connectivity index (χ0v) is 16.0. The molecule has 8 heteroatoms. The quantitative estimate of drug-likeness (QED) is 0.816. The van der Waals surface area contributed by atoms with E-state index in [1.807, 2.05) is 13.8 Å². The fourth-order valence-corrected chi connectivity index (χ4v) is 4.42. The van der Waals surface area contributed by atoms with Crippen LogP contribution in [-0.2, 0) is 10.0 Å². The zero-order valence-electron chi connectivity index (χ0n) is 15.2. The molecule has 136 valence electrons. The standard InChI is InChI=1S/C17H25N5O2S/c1-13(2)22-12-16(14(3)19-22)25(23,24)20(4)15-8-7-9-18-17(15)21-10-5-6-11-21/h7-9,12-13H,5-6,10-11H2,1-4H3. The number of anilines is 2. The highest BCUT2D eigenvalue weighted by Gasteiger charge is 2.29. The van der Waals surface area contributed by atoms with Crippen LogP contribution in [0.1, 0.15) is 38.4 Å². The Morgan fingerprint density at radius 1 is 1.24 bits per heavy atom. The summed E-state index contributed by atoms with van der Waals surface area (Å²) in [4.78, 5) is 6.82. The third kappa shape index (κ3) is 3.22. The third-order valence-corrected chi connectivity index (χ3v) is 6.42. The van der Waals surface area contributed by atoms with E-state index >= 15 is 0 Å². The SMILES string of the molecule is Cc1nn(C(C)C)cc1S(=O)(=O)N(C)c1cccnc1N1CCCC1. The van der Waals surface area contributed by atoms with Crippen LogP contribution in [0.3, 0.4) is 0 Å². The average Bonchev–Trinajstić information content (AvgIpc) is 3.23. The largest absolute Gasteiger partial charge is 0.355 e. The summed E-state index contributed by atoms with van der Waals surface area (Å²) in [5.41, 5.74) is 1.10. The Bertz CT molecular complexity index is 854. The lowest BCUT2D eigenvalue weighted by molar-refractivity contribution is 0.528. The second kappa shape index (κ2) is 6.67. The fraction of sp³-hybridized carbons (Fsp3) is 0.529. The van der Waals surface area contributed by atoms with Crippen molar-refractivity contribution >= 4 is 21.5 Å². The molecule has 0 saturated carbocycles. The van der Waals surface area contributed by atoms with E-state index in [4.69, 9.17) is 0 Å². The molecule has 0 aromatic carbocycles. The molecular formula is C17H25N5O2S. The smallest absolute Gasteiger partial charge is 0.267 e. The lowest BCUT2D eigenvalue weighted by atomic mass is 10.3. The molecule has 2 aromatic heterocycles. The molecular weight excluding hydrogens is 338 g/mol. The van der Waals surface area contributed by atoms with Crippen LogP contribution in [0.5, 0.6) is 0 Å². The maximum atomic E-state index is 13.2. The first-order valence-electron chi connectivity index (χ1n) is 8.57. The first-order valence-corrected chi connectivity index (χ1v) is 10.0. The van der Waals surface area contributed by atoms with Gasteiger partial charge in [0.1, 0.15) is 4.90 Å². The van der Waals surface area contributed by atoms with Gasteiger partial charge in [0.2, 0.25) is 0 Å². The first kappa shape index (κ1) is 17.7. The van der Waals surface area contributed by atoms with E-state index in [1.165, 1.54) is 4.31 Å². The van der Waals surface area contributed by atoms with Gasteiger partial charge in [-0.3, -0.25) is 8.99 Å². The van der Waals surface area contributed by atoms with E-state index in [-0.39, 0.29) is 10.9 Å². The molecule has 3 rings (SSSR count). The van der Waals surface area contributed by atoms with Crippen LogP contribution in [0, 0.1) is 6.92 Å². The minimum absolute atomic E-state index is 0.103. The van der Waals surface area contributed by atoms with Gasteiger partial charge in [-0.1, -0.05) is 0 Å². The van der Waals surface area contributed by atoms with E-state index < -0.39 is 10.0 Å². The second-order valence-corrected chi connectivity index (χ2v) is 8.60. The molecule has 2 aromatic rings. The molecule has 0 spiro atoms. The van der Waals surface area contributed by atoms with Gasteiger partial charge >= 0.3 is 0 Å². The Kier molecular flexibility index (Phi) is 4.73. The third-order valence-electron chi connectivity index (χ3n) is 4.55. The topological polar surface area (TPSA) is 71.3 Å². The van der Waals surface area contributed by atoms with Crippen molar-refractivity contribution in [1.82, 2.24) is 14.8 Å². The van der Waals surface area contributed by atoms with Crippen LogP contribution in [0.2, 0.25) is 0 Å². The summed E-state index contributed by atoms with van der Waals surface area (Å²) < 4.78 is 29.4. The van der Waals surface area contributed by atoms with Crippen molar-refractivity contribution in [3.8, 4) is 0 Å². The van der Waals surface area contributed by atoms with E-state index in [9.17, 15) is 8.42 Å². The number of nitrogens with zero attached hydrogens (tertiary/aromatic N) is 5. The average molecular weight is 363 g/mol. The van der Waals surface area contributed by atoms with Crippen molar-refractivity contribution in [2.24, 2.45) is 0 Å². The molecule has 0 aliphatic carbocycles. The van der Waals surface area contributed by atoms with Crippen molar-refractivity contribution < 1.29 is 8.42 Å². The van der Waals surface area contributed by atoms with Gasteiger partial charge in [0.15, 0.2) is 5.82 Å². The van der Waals surface area contributed by atoms with Crippen molar-refractivity contribution in [2.45, 2.75) is 44.6 Å². The highest BCUT2D eigenvalue weighted by Crippen LogP contribution is 2.32. The molecule has 1 fully saturated rings. The lowest BCUT2D eigenvalue weighted by Crippen LogP contribution is -2.30. The maximum Gasteiger partial charge on any atom is 0.267 e. The number of aromatic nitrogens is 3. The fourth-order valence-electron chi connectivity index (χ4n) is 3.07. The Morgan fingerprint density at radius 2 is 1.92 bits per heavy atom. The van der Waals surface area contributed by atoms with Crippen LogP contribution < -0.4 is 9.21 Å². The molecule has 0 bridgehead atoms. The number of hydrogen-bond donors (Lipinski definition) is 0. The summed E-state index contributed by atoms with van der Waals surface area (Å²) in [6.07, 6.45) is 5.52. The van der Waals surface area contributed by atoms with Gasteiger partial charge in [-0.05, 0) is 45.7 Å². The van der Waals surface area contributed by atoms with E-state index in [2.05, 4.69) is 15.0 Å². The molecule has 0 atom stereocenters. The van der Waals surface area contributed by atoms with E-state index in [1.54, 1.807) is 43.2 Å². The van der Waals surface area contributed by atoms with Crippen molar-refractivity contribution in [2.75, 3.05) is 29.3 Å². The van der Waals surface area contributed by atoms with Gasteiger partial charge in [0.05, 0.1) is 11.4 Å². The number of hydrogen-bond acceptors (Lipinski definition) is 5. The van der Waals surface area contributed by atoms with Crippen LogP contribution >= 0.6 is 0 Å². The summed E-state index contributed by atoms with van der Waals surface area (Å²) in [5, 5.41) is 4.34. The number of rotatable bonds is 5. The van der Waals surface area contributed by atoms with E-state index in [0.717, 1.165) is 31.7 Å². The van der Waals surface area contributed by atoms with Gasteiger partial charge in [0, 0.05) is 38.6 Å². The van der Waals surface area contributed by atoms with Gasteiger partial charge in [-0.15, -0.1) is 0 Å². The minimum atomic E-state index is -3.70. The van der Waals surface area contributed by atoms with Gasteiger partial charge in [-0.2, -0.15) is 5.10 Å². The summed E-state index contributed by atoms with van der Waals surface area (Å²) in [6, 6.07) is 3.68. The van der Waals surface area contributed by atoms with Crippen molar-refractivity contribution in [3.63, 3.8) is 0 Å². The number of pyridine rings is 1. The molecule has 1 saturated heterocycles. The Balaban J connectivity index is 2.01. The van der Waals surface area contributed by atoms with Crippen LogP contribution in [0.4, 0.5) is 11.5 Å². The van der Waals surface area contributed by atoms with E-state index in [0.29, 0.717) is 11.4 Å². The molecule has 0 amide bonds. The van der Waals surface area contributed by atoms with Crippen molar-refractivity contribution in [3.05, 3.63) is 30.2 Å². The van der Waals surface area contributed by atoms with Crippen LogP contribution in [-0.4, -0.2) is 43.3 Å². The predicted molar refractivity (Wildman–Crippen MR) is 98.6 cm³/mol. The summed E-state index contributed by atoms with van der Waals surface area (Å²) in [5.74, 6) is 0.722. The molecule has 3 heterocycles. The Labute approximate surface area is 149 Å². The van der Waals surface area contributed by atoms with Crippen LogP contribution in [0.15, 0.2) is 29.4 Å². The zero-order chi connectivity index (χ0) is 18.2. The highest BCUT2D eigenvalue weighted by molar-refractivity contribution is 7.92. The van der Waals surface area contributed by atoms with Crippen LogP contribution in [0.25, 0.3) is 0 Å². The molecule has 1 aliphatic heterocycles. The second-order valence-electron chi connectivity index (χ2n) is 6.67. The first-order chi connectivity index (χ1) is 11.8. The molecule has 25 heavy (non-hydrogen) atoms. The monoisotopic (exact) mass is 363 g/mol. The summed E-state index contributed by atoms with van der Waals surface area (Å²) >= 11 is 0. The van der Waals surface area contributed by atoms with Gasteiger partial charge in [-0.25, -0.2) is 13.4 Å². The molecule has 1 aliphatic rings. The molecule has 0 N–H and O–H groups in total. The summed E-state index contributed by atoms with van der Waals surface area (Å²) in [6.45, 7) is 7.48. The molecule has 7 nitrogen and oxygen atoms in total. The van der Waals surface area contributed by atoms with Gasteiger partial charge in [0.25, 0.3) is 10.0 Å². The molecule has 0 radical (unpaired) electrons. The Hall–Kier alpha value is -2.09. The maximum absolute atomic E-state index is 13.2. The predicted octanol–water partition coefficient (Wildman–Crippen LogP) is 2.59. The number of aryl methyl sites for hydroxylation is 1.